The van der Waals surface area contributed by atoms with E-state index in [1.165, 1.54) is 0 Å². The number of aromatic nitrogens is 1. The van der Waals surface area contributed by atoms with Gasteiger partial charge in [0.25, 0.3) is 0 Å². The van der Waals surface area contributed by atoms with Crippen LogP contribution >= 0.6 is 23.2 Å². The molecular weight excluding hydrogens is 387 g/mol. The van der Waals surface area contributed by atoms with Gasteiger partial charge in [-0.25, -0.2) is 0 Å². The largest absolute Gasteiger partial charge is 0.486 e. The molecule has 0 bridgehead atoms. The molecule has 0 aliphatic heterocycles. The monoisotopic (exact) mass is 404 g/mol. The Morgan fingerprint density at radius 3 is 2.37 bits per heavy atom. The number of hydrogen-bond donors (Lipinski definition) is 2. The Morgan fingerprint density at radius 1 is 1.07 bits per heavy atom. The molecule has 0 radical (unpaired) electrons. The van der Waals surface area contributed by atoms with Gasteiger partial charge in [-0.1, -0.05) is 35.3 Å². The highest BCUT2D eigenvalue weighted by Crippen LogP contribution is 2.35. The molecule has 1 aromatic heterocycles. The number of carbonyl (C=O) groups is 1. The molecule has 1 heterocycles. The van der Waals surface area contributed by atoms with Gasteiger partial charge < -0.3 is 20.1 Å². The molecule has 140 valence electrons. The van der Waals surface area contributed by atoms with Crippen molar-refractivity contribution in [1.29, 1.82) is 0 Å². The first-order chi connectivity index (χ1) is 12.9. The van der Waals surface area contributed by atoms with Gasteiger partial charge in [0.2, 0.25) is 0 Å². The van der Waals surface area contributed by atoms with Crippen molar-refractivity contribution in [2.24, 2.45) is 5.73 Å². The number of halogens is 2. The average Bonchev–Trinajstić information content (AvgIpc) is 3.16. The molecule has 0 spiro atoms. The van der Waals surface area contributed by atoms with E-state index in [4.69, 9.17) is 38.8 Å². The molecule has 3 aromatic rings. The Morgan fingerprint density at radius 2 is 1.74 bits per heavy atom. The van der Waals surface area contributed by atoms with Crippen molar-refractivity contribution < 1.29 is 14.6 Å². The van der Waals surface area contributed by atoms with Crippen LogP contribution in [0.2, 0.25) is 10.0 Å². The van der Waals surface area contributed by atoms with Gasteiger partial charge in [0.05, 0.1) is 10.0 Å². The number of aliphatic carboxylic acids is 1. The zero-order valence-corrected chi connectivity index (χ0v) is 15.8. The van der Waals surface area contributed by atoms with E-state index in [2.05, 4.69) is 0 Å². The van der Waals surface area contributed by atoms with E-state index in [1.807, 2.05) is 53.4 Å². The number of nitrogens with two attached hydrogens (primary N) is 1. The van der Waals surface area contributed by atoms with E-state index < -0.39 is 12.0 Å². The molecule has 3 N–H and O–H groups in total. The normalized spacial score (nSPS) is 12.0. The summed E-state index contributed by atoms with van der Waals surface area (Å²) in [5.74, 6) is -0.720. The summed E-state index contributed by atoms with van der Waals surface area (Å²) in [6.45, 7) is 0.294. The molecule has 0 aliphatic carbocycles. The summed E-state index contributed by atoms with van der Waals surface area (Å²) in [5.41, 5.74) is 8.18. The van der Waals surface area contributed by atoms with Crippen molar-refractivity contribution in [3.63, 3.8) is 0 Å². The molecule has 7 heteroatoms. The molecule has 0 amide bonds. The van der Waals surface area contributed by atoms with Crippen molar-refractivity contribution in [3.8, 4) is 11.4 Å². The lowest BCUT2D eigenvalue weighted by Crippen LogP contribution is -2.32. The molecule has 0 saturated heterocycles. The summed E-state index contributed by atoms with van der Waals surface area (Å²) in [5, 5.41) is 9.55. The van der Waals surface area contributed by atoms with Gasteiger partial charge in [0.1, 0.15) is 12.6 Å². The third kappa shape index (κ3) is 4.83. The molecule has 1 atom stereocenters. The number of nitrogens with zero attached hydrogens (tertiary/aromatic N) is 1. The van der Waals surface area contributed by atoms with Gasteiger partial charge in [-0.3, -0.25) is 4.79 Å². The minimum atomic E-state index is -1.08. The van der Waals surface area contributed by atoms with Crippen LogP contribution in [0.1, 0.15) is 11.1 Å². The maximum atomic E-state index is 10.9. The van der Waals surface area contributed by atoms with Gasteiger partial charge in [-0.05, 0) is 53.9 Å². The zero-order valence-electron chi connectivity index (χ0n) is 14.3. The number of ether oxygens (including phenoxy) is 1. The molecule has 5 nitrogen and oxygen atoms in total. The van der Waals surface area contributed by atoms with Crippen LogP contribution in [0.5, 0.6) is 5.75 Å². The van der Waals surface area contributed by atoms with Crippen LogP contribution in [0.25, 0.3) is 5.69 Å². The first-order valence-corrected chi connectivity index (χ1v) is 9.01. The fourth-order valence-electron chi connectivity index (χ4n) is 2.68. The summed E-state index contributed by atoms with van der Waals surface area (Å²) >= 11 is 12.5. The molecule has 2 aromatic carbocycles. The summed E-state index contributed by atoms with van der Waals surface area (Å²) in [4.78, 5) is 10.9. The molecular formula is C20H18Cl2N2O3. The summed E-state index contributed by atoms with van der Waals surface area (Å²) < 4.78 is 7.82. The van der Waals surface area contributed by atoms with E-state index in [0.717, 1.165) is 11.3 Å². The van der Waals surface area contributed by atoms with Crippen LogP contribution in [-0.2, 0) is 17.8 Å². The van der Waals surface area contributed by atoms with Crippen molar-refractivity contribution in [2.45, 2.75) is 19.1 Å². The lowest BCUT2D eigenvalue weighted by Gasteiger charge is -2.14. The maximum Gasteiger partial charge on any atom is 0.320 e. The Balaban J connectivity index is 1.73. The number of rotatable bonds is 7. The molecule has 0 saturated carbocycles. The smallest absolute Gasteiger partial charge is 0.320 e. The van der Waals surface area contributed by atoms with Gasteiger partial charge in [-0.2, -0.15) is 0 Å². The number of carboxylic acid groups (broad SMARTS) is 1. The van der Waals surface area contributed by atoms with E-state index in [0.29, 0.717) is 28.0 Å². The molecule has 1 unspecified atom stereocenters. The summed E-state index contributed by atoms with van der Waals surface area (Å²) in [6.07, 6.45) is 4.07. The van der Waals surface area contributed by atoms with E-state index in [9.17, 15) is 4.79 Å². The van der Waals surface area contributed by atoms with Gasteiger partial charge in [0, 0.05) is 18.1 Å². The predicted octanol–water partition coefficient (Wildman–Crippen LogP) is 4.32. The third-order valence-corrected chi connectivity index (χ3v) is 4.59. The van der Waals surface area contributed by atoms with Gasteiger partial charge >= 0.3 is 5.97 Å². The van der Waals surface area contributed by atoms with Crippen molar-refractivity contribution in [3.05, 3.63) is 82.1 Å². The number of benzene rings is 2. The van der Waals surface area contributed by atoms with Crippen molar-refractivity contribution >= 4 is 29.2 Å². The highest BCUT2D eigenvalue weighted by molar-refractivity contribution is 6.37. The van der Waals surface area contributed by atoms with Crippen LogP contribution in [0.4, 0.5) is 0 Å². The quantitative estimate of drug-likeness (QED) is 0.614. The summed E-state index contributed by atoms with van der Waals surface area (Å²) in [7, 11) is 0. The first-order valence-electron chi connectivity index (χ1n) is 8.25. The van der Waals surface area contributed by atoms with Gasteiger partial charge in [0.15, 0.2) is 5.75 Å². The van der Waals surface area contributed by atoms with Crippen molar-refractivity contribution in [1.82, 2.24) is 4.57 Å². The Labute approximate surface area is 166 Å². The fourth-order valence-corrected chi connectivity index (χ4v) is 3.32. The lowest BCUT2D eigenvalue weighted by molar-refractivity contribution is -0.138. The van der Waals surface area contributed by atoms with Crippen molar-refractivity contribution in [2.75, 3.05) is 0 Å². The number of hydrogen-bond acceptors (Lipinski definition) is 3. The lowest BCUT2D eigenvalue weighted by atomic mass is 10.1. The zero-order chi connectivity index (χ0) is 19.4. The maximum absolute atomic E-state index is 10.9. The van der Waals surface area contributed by atoms with Gasteiger partial charge in [-0.15, -0.1) is 0 Å². The van der Waals surface area contributed by atoms with E-state index in [-0.39, 0.29) is 6.42 Å². The highest BCUT2D eigenvalue weighted by Gasteiger charge is 2.16. The minimum absolute atomic E-state index is 0.133. The van der Waals surface area contributed by atoms with Crippen LogP contribution in [0, 0.1) is 0 Å². The van der Waals surface area contributed by atoms with Crippen LogP contribution in [-0.4, -0.2) is 21.7 Å². The minimum Gasteiger partial charge on any atom is -0.486 e. The van der Waals surface area contributed by atoms with Crippen LogP contribution in [0.15, 0.2) is 60.9 Å². The average molecular weight is 405 g/mol. The highest BCUT2D eigenvalue weighted by atomic mass is 35.5. The van der Waals surface area contributed by atoms with Crippen LogP contribution in [0.3, 0.4) is 0 Å². The summed E-state index contributed by atoms with van der Waals surface area (Å²) in [6, 6.07) is 14.1. The Bertz CT molecular complexity index is 919. The second kappa shape index (κ2) is 8.48. The molecule has 27 heavy (non-hydrogen) atoms. The predicted molar refractivity (Wildman–Crippen MR) is 106 cm³/mol. The number of carboxylic acids is 1. The topological polar surface area (TPSA) is 77.5 Å². The SMILES string of the molecule is NC(Cc1cc(Cl)c(OCc2cccc(-n3cccc3)c2)c(Cl)c1)C(=O)O. The first kappa shape index (κ1) is 19.3. The molecule has 3 rings (SSSR count). The molecule has 0 fully saturated rings. The second-order valence-corrected chi connectivity index (χ2v) is 6.90. The third-order valence-electron chi connectivity index (χ3n) is 4.03. The second-order valence-electron chi connectivity index (χ2n) is 6.09. The van der Waals surface area contributed by atoms with E-state index >= 15 is 0 Å². The van der Waals surface area contributed by atoms with E-state index in [1.54, 1.807) is 12.1 Å². The molecule has 0 aliphatic rings. The standard InChI is InChI=1S/C20H18Cl2N2O3/c21-16-9-14(11-18(23)20(25)26)10-17(22)19(16)27-12-13-4-3-5-15(8-13)24-6-1-2-7-24/h1-10,18H,11-12,23H2,(H,25,26). The Kier molecular flexibility index (Phi) is 6.06. The van der Waals surface area contributed by atoms with Crippen LogP contribution < -0.4 is 10.5 Å². The fraction of sp³-hybridized carbons (Fsp3) is 0.150. The Hall–Kier alpha value is -2.47.